The molecule has 1 aromatic carbocycles. The van der Waals surface area contributed by atoms with E-state index in [-0.39, 0.29) is 114 Å². The first-order valence-electron chi connectivity index (χ1n) is 28.6. The molecule has 7 fully saturated rings. The normalized spacial score (nSPS) is 29.0. The summed E-state index contributed by atoms with van der Waals surface area (Å²) in [6.45, 7) is 15.3. The summed E-state index contributed by atoms with van der Waals surface area (Å²) in [5.41, 5.74) is 6.08. The maximum absolute atomic E-state index is 17.1. The Hall–Kier alpha value is -7.72. The number of nitrogens with one attached hydrogen (secondary N) is 4. The Morgan fingerprint density at radius 2 is 1.22 bits per heavy atom. The van der Waals surface area contributed by atoms with Gasteiger partial charge in [-0.05, 0) is 104 Å². The van der Waals surface area contributed by atoms with Crippen LogP contribution in [-0.4, -0.2) is 128 Å². The van der Waals surface area contributed by atoms with Crippen LogP contribution in [-0.2, 0) is 10.9 Å². The summed E-state index contributed by atoms with van der Waals surface area (Å²) in [5, 5.41) is 13.1. The molecule has 87 heavy (non-hydrogen) atoms. The molecule has 13 heterocycles. The second-order valence-corrected chi connectivity index (χ2v) is 25.4. The monoisotopic (exact) mass is 1220 g/mol. The largest absolute Gasteiger partial charge is 0.573 e. The number of carbonyl (C=O) groups is 2. The predicted molar refractivity (Wildman–Crippen MR) is 301 cm³/mol. The zero-order chi connectivity index (χ0) is 62.3. The minimum absolute atomic E-state index is 0.0217. The van der Waals surface area contributed by atoms with Crippen molar-refractivity contribution in [3.8, 4) is 40.0 Å². The SMILES string of the molecule is CNC(=O)c1nc2c3c(nc(-c4cc(N)nc(C)c4C(F)(F)F)c(F)c3c1C)OC(C)C1C3CCC(C)(CN21)N3.Cc1c(C(=O)NC23COC(C)(C2)C3)nc2c3c(nc(-c4cc(N)cc(F)c4OC(F)(F)F)c(F)c13)OC(C)C1C3CCC(C)(CN21)N3. The van der Waals surface area contributed by atoms with Crippen LogP contribution in [0.2, 0.25) is 0 Å². The Morgan fingerprint density at radius 1 is 0.713 bits per heavy atom. The van der Waals surface area contributed by atoms with Gasteiger partial charge in [0.05, 0.1) is 57.4 Å². The lowest BCUT2D eigenvalue weighted by Crippen LogP contribution is -2.66. The summed E-state index contributed by atoms with van der Waals surface area (Å²) in [4.78, 5) is 53.2. The number of pyridine rings is 5. The van der Waals surface area contributed by atoms with Gasteiger partial charge in [-0.15, -0.1) is 13.2 Å². The molecule has 6 bridgehead atoms. The van der Waals surface area contributed by atoms with Crippen LogP contribution in [0.15, 0.2) is 18.2 Å². The van der Waals surface area contributed by atoms with Crippen LogP contribution >= 0.6 is 0 Å². The van der Waals surface area contributed by atoms with Crippen molar-refractivity contribution >= 4 is 56.5 Å². The van der Waals surface area contributed by atoms with Crippen molar-refractivity contribution in [2.45, 2.75) is 165 Å². The van der Waals surface area contributed by atoms with Crippen LogP contribution in [0.1, 0.15) is 117 Å². The predicted octanol–water partition coefficient (Wildman–Crippen LogP) is 8.78. The summed E-state index contributed by atoms with van der Waals surface area (Å²) in [7, 11) is 1.43. The average molecular weight is 1220 g/mol. The van der Waals surface area contributed by atoms with Gasteiger partial charge >= 0.3 is 12.5 Å². The number of nitrogens with two attached hydrogens (primary N) is 2. The van der Waals surface area contributed by atoms with Crippen LogP contribution in [0.5, 0.6) is 17.5 Å². The van der Waals surface area contributed by atoms with E-state index in [9.17, 15) is 35.9 Å². The molecule has 1 aliphatic carbocycles. The number of anilines is 4. The molecule has 1 saturated carbocycles. The summed E-state index contributed by atoms with van der Waals surface area (Å²) >= 11 is 0. The number of amides is 2. The molecule has 8 aliphatic heterocycles. The molecule has 2 amide bonds. The fourth-order valence-corrected chi connectivity index (χ4v) is 15.4. The molecule has 6 saturated heterocycles. The molecular formula is C59H62F9N13O6. The van der Waals surface area contributed by atoms with Crippen molar-refractivity contribution in [2.24, 2.45) is 0 Å². The fraction of sp³-hybridized carbons (Fsp3) is 0.508. The van der Waals surface area contributed by atoms with Gasteiger partial charge in [0.1, 0.15) is 52.4 Å². The number of rotatable bonds is 6. The molecule has 8 atom stereocenters. The lowest BCUT2D eigenvalue weighted by Gasteiger charge is -2.46. The third kappa shape index (κ3) is 9.30. The molecule has 0 spiro atoms. The van der Waals surface area contributed by atoms with Gasteiger partial charge in [-0.1, -0.05) is 0 Å². The highest BCUT2D eigenvalue weighted by Crippen LogP contribution is 2.54. The molecule has 19 nitrogen and oxygen atoms in total. The number of aryl methyl sites for hydroxylation is 3. The molecule has 462 valence electrons. The van der Waals surface area contributed by atoms with Gasteiger partial charge in [0.25, 0.3) is 11.8 Å². The van der Waals surface area contributed by atoms with Gasteiger partial charge in [0, 0.05) is 84.2 Å². The highest BCUT2D eigenvalue weighted by Gasteiger charge is 2.61. The lowest BCUT2D eigenvalue weighted by atomic mass is 9.69. The van der Waals surface area contributed by atoms with Crippen LogP contribution in [0, 0.1) is 38.2 Å². The number of piperazine rings is 2. The topological polar surface area (TPSA) is 242 Å². The number of benzene rings is 1. The molecule has 8 N–H and O–H groups in total. The van der Waals surface area contributed by atoms with E-state index in [1.807, 2.05) is 30.6 Å². The van der Waals surface area contributed by atoms with Gasteiger partial charge in [-0.25, -0.2) is 38.1 Å². The van der Waals surface area contributed by atoms with Crippen molar-refractivity contribution in [1.29, 1.82) is 0 Å². The van der Waals surface area contributed by atoms with Gasteiger partial charge in [0.15, 0.2) is 23.2 Å². The molecular weight excluding hydrogens is 1160 g/mol. The number of ether oxygens (including phenoxy) is 4. The number of hydrogen-bond acceptors (Lipinski definition) is 17. The standard InChI is InChI=1S/C32H33F5N6O4.C27H29F4N7O2/c1-13-19-20-26(39-22(13)27(44)42-31-9-30(4,10-31)45-12-31)43-11-29(3)6-5-18(41-29)24(43)14(2)46-28(20)40-23(21(19)34)16-7-15(38)8-17(33)25(16)47-32(35,36)37;1-10-16-17-23(35-20(10)24(39)33-5)38-9-26(4)7-6-14(37-26)22(38)12(3)40-25(17)36-21(19(16)28)13-8-15(32)34-11(2)18(13)27(29,30)31/h7-8,14,18,24,41H,5-6,9-12,38H2,1-4H3,(H,42,44);8,12,14,22,37H,6-7,9H2,1-5H3,(H2,32,34)(H,33,39). The number of nitrogens with zero attached hydrogens (tertiary/aromatic N) is 7. The first-order valence-corrected chi connectivity index (χ1v) is 28.6. The van der Waals surface area contributed by atoms with E-state index in [2.05, 4.69) is 54.8 Å². The average Bonchev–Trinajstić information content (AvgIpc) is 1.79. The summed E-state index contributed by atoms with van der Waals surface area (Å²) in [6.07, 6.45) is -6.48. The zero-order valence-corrected chi connectivity index (χ0v) is 48.7. The Labute approximate surface area is 491 Å². The van der Waals surface area contributed by atoms with Crippen molar-refractivity contribution in [2.75, 3.05) is 48.0 Å². The Morgan fingerprint density at radius 3 is 1.69 bits per heavy atom. The van der Waals surface area contributed by atoms with Gasteiger partial charge in [-0.3, -0.25) is 9.59 Å². The molecule has 8 unspecified atom stereocenters. The Kier molecular flexibility index (Phi) is 13.0. The second kappa shape index (κ2) is 19.4. The van der Waals surface area contributed by atoms with E-state index in [1.54, 1.807) is 0 Å². The lowest BCUT2D eigenvalue weighted by molar-refractivity contribution is -0.275. The third-order valence-corrected chi connectivity index (χ3v) is 18.8. The third-order valence-electron chi connectivity index (χ3n) is 18.8. The number of fused-ring (bicyclic) bond motifs is 11. The molecule has 15 rings (SSSR count). The van der Waals surface area contributed by atoms with Crippen molar-refractivity contribution in [1.82, 2.24) is 46.2 Å². The number of halogens is 9. The van der Waals surface area contributed by atoms with Gasteiger partial charge in [-0.2, -0.15) is 13.2 Å². The van der Waals surface area contributed by atoms with Gasteiger partial charge in [0.2, 0.25) is 11.8 Å². The van der Waals surface area contributed by atoms with Crippen LogP contribution in [0.3, 0.4) is 0 Å². The fourth-order valence-electron chi connectivity index (χ4n) is 15.4. The minimum Gasteiger partial charge on any atom is -0.472 e. The molecule has 9 aliphatic rings. The Bertz CT molecular complexity index is 3980. The summed E-state index contributed by atoms with van der Waals surface area (Å²) in [5.74, 6) is -5.75. The first kappa shape index (κ1) is 58.3. The summed E-state index contributed by atoms with van der Waals surface area (Å²) in [6, 6.07) is 2.01. The van der Waals surface area contributed by atoms with E-state index in [0.717, 1.165) is 44.7 Å². The maximum atomic E-state index is 17.1. The van der Waals surface area contributed by atoms with Crippen LogP contribution in [0.4, 0.5) is 62.7 Å². The number of nitrogen functional groups attached to an aromatic ring is 2. The summed E-state index contributed by atoms with van der Waals surface area (Å²) < 4.78 is 154. The minimum atomic E-state index is -5.31. The van der Waals surface area contributed by atoms with E-state index >= 15 is 13.2 Å². The number of hydrogen-bond donors (Lipinski definition) is 6. The highest BCUT2D eigenvalue weighted by atomic mass is 19.4. The first-order chi connectivity index (χ1) is 40.7. The number of carbonyl (C=O) groups excluding carboxylic acids is 2. The number of aromatic nitrogens is 5. The van der Waals surface area contributed by atoms with E-state index < -0.39 is 99.1 Å². The quantitative estimate of drug-likeness (QED) is 0.0674. The van der Waals surface area contributed by atoms with Crippen molar-refractivity contribution in [3.63, 3.8) is 0 Å². The van der Waals surface area contributed by atoms with Crippen LogP contribution in [0.25, 0.3) is 44.1 Å². The number of alkyl halides is 6. The van der Waals surface area contributed by atoms with E-state index in [4.69, 9.17) is 35.6 Å². The van der Waals surface area contributed by atoms with Crippen molar-refractivity contribution in [3.05, 3.63) is 69.4 Å². The van der Waals surface area contributed by atoms with Crippen molar-refractivity contribution < 1.29 is 68.1 Å². The van der Waals surface area contributed by atoms with E-state index in [0.29, 0.717) is 44.4 Å². The molecule has 6 aromatic rings. The zero-order valence-electron chi connectivity index (χ0n) is 48.7. The molecule has 5 aromatic heterocycles. The maximum Gasteiger partial charge on any atom is 0.573 e. The van der Waals surface area contributed by atoms with Crippen LogP contribution < -0.4 is 56.7 Å². The highest BCUT2D eigenvalue weighted by molar-refractivity contribution is 6.08. The van der Waals surface area contributed by atoms with Gasteiger partial charge < -0.3 is 61.5 Å². The second-order valence-electron chi connectivity index (χ2n) is 25.4. The molecule has 0 radical (unpaired) electrons. The molecule has 28 heteroatoms. The Balaban J connectivity index is 0.000000163. The van der Waals surface area contributed by atoms with E-state index in [1.165, 1.54) is 20.9 Å². The smallest absolute Gasteiger partial charge is 0.472 e.